The lowest BCUT2D eigenvalue weighted by Crippen LogP contribution is -2.28. The van der Waals surface area contributed by atoms with Gasteiger partial charge in [0.2, 0.25) is 5.91 Å². The first-order valence-electron chi connectivity index (χ1n) is 9.49. The van der Waals surface area contributed by atoms with Crippen molar-refractivity contribution in [1.29, 1.82) is 0 Å². The number of benzene rings is 2. The van der Waals surface area contributed by atoms with E-state index in [2.05, 4.69) is 5.32 Å². The number of ether oxygens (including phenoxy) is 2. The largest absolute Gasteiger partial charge is 0.489 e. The van der Waals surface area contributed by atoms with Crippen LogP contribution < -0.4 is 10.1 Å². The molecule has 3 aromatic rings. The summed E-state index contributed by atoms with van der Waals surface area (Å²) in [5.41, 5.74) is 1.93. The summed E-state index contributed by atoms with van der Waals surface area (Å²) in [6, 6.07) is 20.8. The number of carbonyl (C=O) groups excluding carboxylic acids is 2. The number of amides is 1. The highest BCUT2D eigenvalue weighted by atomic mass is 32.1. The van der Waals surface area contributed by atoms with E-state index >= 15 is 0 Å². The lowest BCUT2D eigenvalue weighted by atomic mass is 10.1. The predicted molar refractivity (Wildman–Crippen MR) is 118 cm³/mol. The Balaban J connectivity index is 1.60. The van der Waals surface area contributed by atoms with Gasteiger partial charge in [-0.05, 0) is 40.8 Å². The molecule has 6 heteroatoms. The van der Waals surface area contributed by atoms with E-state index in [4.69, 9.17) is 9.47 Å². The van der Waals surface area contributed by atoms with E-state index in [1.54, 1.807) is 6.08 Å². The van der Waals surface area contributed by atoms with Gasteiger partial charge < -0.3 is 14.8 Å². The molecule has 1 atom stereocenters. The molecule has 0 saturated heterocycles. The SMILES string of the molecule is COC(=O)CC(NC(=O)/C=C/c1cccc(OCc2ccccc2)c1)c1cccs1. The fourth-order valence-corrected chi connectivity index (χ4v) is 3.58. The number of thiophene rings is 1. The standard InChI is InChI=1S/C24H23NO4S/c1-28-24(27)16-21(22-11-6-14-30-22)25-23(26)13-12-18-9-5-10-20(15-18)29-17-19-7-3-2-4-8-19/h2-15,21H,16-17H2,1H3,(H,25,26)/b13-12+. The van der Waals surface area contributed by atoms with Gasteiger partial charge in [0.25, 0.3) is 0 Å². The summed E-state index contributed by atoms with van der Waals surface area (Å²) < 4.78 is 10.6. The highest BCUT2D eigenvalue weighted by Gasteiger charge is 2.18. The molecule has 0 radical (unpaired) electrons. The van der Waals surface area contributed by atoms with Crippen LogP contribution in [0.5, 0.6) is 5.75 Å². The van der Waals surface area contributed by atoms with Gasteiger partial charge in [-0.15, -0.1) is 11.3 Å². The molecule has 1 amide bonds. The fourth-order valence-electron chi connectivity index (χ4n) is 2.80. The van der Waals surface area contributed by atoms with Crippen molar-refractivity contribution in [2.75, 3.05) is 7.11 Å². The Hall–Kier alpha value is -3.38. The van der Waals surface area contributed by atoms with Crippen molar-refractivity contribution in [3.8, 4) is 5.75 Å². The van der Waals surface area contributed by atoms with E-state index in [0.29, 0.717) is 6.61 Å². The number of carbonyl (C=O) groups is 2. The minimum absolute atomic E-state index is 0.0827. The fraction of sp³-hybridized carbons (Fsp3) is 0.167. The van der Waals surface area contributed by atoms with E-state index in [1.807, 2.05) is 72.1 Å². The smallest absolute Gasteiger partial charge is 0.307 e. The molecule has 0 spiro atoms. The molecule has 3 rings (SSSR count). The van der Waals surface area contributed by atoms with E-state index in [9.17, 15) is 9.59 Å². The highest BCUT2D eigenvalue weighted by molar-refractivity contribution is 7.10. The van der Waals surface area contributed by atoms with Gasteiger partial charge in [0.05, 0.1) is 19.6 Å². The summed E-state index contributed by atoms with van der Waals surface area (Å²) in [6.45, 7) is 0.477. The Morgan fingerprint density at radius 3 is 2.63 bits per heavy atom. The van der Waals surface area contributed by atoms with Crippen LogP contribution in [-0.2, 0) is 20.9 Å². The maximum absolute atomic E-state index is 12.4. The molecule has 0 bridgehead atoms. The minimum Gasteiger partial charge on any atom is -0.489 e. The average molecular weight is 422 g/mol. The van der Waals surface area contributed by atoms with Crippen molar-refractivity contribution in [3.63, 3.8) is 0 Å². The van der Waals surface area contributed by atoms with Crippen LogP contribution in [0.2, 0.25) is 0 Å². The summed E-state index contributed by atoms with van der Waals surface area (Å²) in [5, 5.41) is 4.77. The van der Waals surface area contributed by atoms with Crippen LogP contribution >= 0.6 is 11.3 Å². The lowest BCUT2D eigenvalue weighted by Gasteiger charge is -2.15. The molecule has 1 unspecified atom stereocenters. The topological polar surface area (TPSA) is 64.6 Å². The van der Waals surface area contributed by atoms with Crippen molar-refractivity contribution in [1.82, 2.24) is 5.32 Å². The van der Waals surface area contributed by atoms with Crippen molar-refractivity contribution in [2.45, 2.75) is 19.1 Å². The van der Waals surface area contributed by atoms with Gasteiger partial charge >= 0.3 is 5.97 Å². The van der Waals surface area contributed by atoms with Gasteiger partial charge in [0.1, 0.15) is 12.4 Å². The second-order valence-electron chi connectivity index (χ2n) is 6.54. The number of hydrogen-bond donors (Lipinski definition) is 1. The molecule has 0 aliphatic heterocycles. The molecule has 0 aliphatic rings. The minimum atomic E-state index is -0.421. The first-order chi connectivity index (χ1) is 14.6. The number of nitrogens with one attached hydrogen (secondary N) is 1. The number of esters is 1. The highest BCUT2D eigenvalue weighted by Crippen LogP contribution is 2.22. The molecule has 0 aliphatic carbocycles. The van der Waals surface area contributed by atoms with Crippen LogP contribution in [-0.4, -0.2) is 19.0 Å². The van der Waals surface area contributed by atoms with Crippen molar-refractivity contribution in [2.24, 2.45) is 0 Å². The van der Waals surface area contributed by atoms with Crippen LogP contribution in [0, 0.1) is 0 Å². The summed E-state index contributed by atoms with van der Waals surface area (Å²) in [7, 11) is 1.34. The molecule has 1 aromatic heterocycles. The Labute approximate surface area is 180 Å². The number of rotatable bonds is 9. The molecule has 1 N–H and O–H groups in total. The molecule has 154 valence electrons. The zero-order valence-corrected chi connectivity index (χ0v) is 17.4. The second kappa shape index (κ2) is 11.0. The first kappa shape index (κ1) is 21.3. The monoisotopic (exact) mass is 421 g/mol. The predicted octanol–water partition coefficient (Wildman–Crippen LogP) is 4.76. The van der Waals surface area contributed by atoms with E-state index in [0.717, 1.165) is 21.8 Å². The third-order valence-electron chi connectivity index (χ3n) is 4.34. The third kappa shape index (κ3) is 6.60. The molecule has 0 saturated carbocycles. The summed E-state index contributed by atoms with van der Waals surface area (Å²) in [6.07, 6.45) is 3.25. The molecule has 0 fully saturated rings. The van der Waals surface area contributed by atoms with Crippen LogP contribution in [0.25, 0.3) is 6.08 Å². The van der Waals surface area contributed by atoms with Gasteiger partial charge in [-0.1, -0.05) is 48.5 Å². The summed E-state index contributed by atoms with van der Waals surface area (Å²) in [4.78, 5) is 25.0. The molecule has 30 heavy (non-hydrogen) atoms. The van der Waals surface area contributed by atoms with Crippen LogP contribution in [0.4, 0.5) is 0 Å². The van der Waals surface area contributed by atoms with Crippen molar-refractivity contribution in [3.05, 3.63) is 94.2 Å². The van der Waals surface area contributed by atoms with Gasteiger partial charge in [-0.25, -0.2) is 0 Å². The van der Waals surface area contributed by atoms with E-state index in [-0.39, 0.29) is 18.3 Å². The zero-order valence-electron chi connectivity index (χ0n) is 16.6. The molecule has 1 heterocycles. The molecule has 5 nitrogen and oxygen atoms in total. The number of hydrogen-bond acceptors (Lipinski definition) is 5. The lowest BCUT2D eigenvalue weighted by molar-refractivity contribution is -0.141. The Morgan fingerprint density at radius 1 is 1.07 bits per heavy atom. The van der Waals surface area contributed by atoms with Crippen LogP contribution in [0.3, 0.4) is 0 Å². The first-order valence-corrected chi connectivity index (χ1v) is 10.4. The molecular weight excluding hydrogens is 398 g/mol. The van der Waals surface area contributed by atoms with Crippen molar-refractivity contribution >= 4 is 29.3 Å². The van der Waals surface area contributed by atoms with E-state index in [1.165, 1.54) is 24.5 Å². The average Bonchev–Trinajstić information content (AvgIpc) is 3.32. The van der Waals surface area contributed by atoms with Gasteiger partial charge in [0.15, 0.2) is 0 Å². The van der Waals surface area contributed by atoms with Crippen LogP contribution in [0.15, 0.2) is 78.2 Å². The Bertz CT molecular complexity index is 983. The molecule has 2 aromatic carbocycles. The third-order valence-corrected chi connectivity index (χ3v) is 5.32. The van der Waals surface area contributed by atoms with Crippen LogP contribution in [0.1, 0.15) is 28.5 Å². The summed E-state index contributed by atoms with van der Waals surface area (Å²) >= 11 is 1.48. The zero-order chi connectivity index (χ0) is 21.2. The normalized spacial score (nSPS) is 11.8. The summed E-state index contributed by atoms with van der Waals surface area (Å²) in [5.74, 6) is 0.0671. The number of methoxy groups -OCH3 is 1. The van der Waals surface area contributed by atoms with Gasteiger partial charge in [-0.3, -0.25) is 9.59 Å². The maximum Gasteiger partial charge on any atom is 0.307 e. The van der Waals surface area contributed by atoms with Crippen molar-refractivity contribution < 1.29 is 19.1 Å². The maximum atomic E-state index is 12.4. The van der Waals surface area contributed by atoms with Gasteiger partial charge in [0, 0.05) is 11.0 Å². The molecular formula is C24H23NO4S. The Morgan fingerprint density at radius 2 is 1.90 bits per heavy atom. The quantitative estimate of drug-likeness (QED) is 0.400. The van der Waals surface area contributed by atoms with E-state index < -0.39 is 6.04 Å². The Kier molecular flexibility index (Phi) is 7.80. The van der Waals surface area contributed by atoms with Gasteiger partial charge in [-0.2, -0.15) is 0 Å². The second-order valence-corrected chi connectivity index (χ2v) is 7.52.